The van der Waals surface area contributed by atoms with Crippen LogP contribution in [0.5, 0.6) is 0 Å². The lowest BCUT2D eigenvalue weighted by Gasteiger charge is -2.27. The summed E-state index contributed by atoms with van der Waals surface area (Å²) in [5.41, 5.74) is 0.607. The molecular formula is C21H24N2O6. The van der Waals surface area contributed by atoms with Crippen molar-refractivity contribution in [3.8, 4) is 0 Å². The number of esters is 1. The second-order valence-corrected chi connectivity index (χ2v) is 8.23. The van der Waals surface area contributed by atoms with E-state index in [2.05, 4.69) is 5.32 Å². The average Bonchev–Trinajstić information content (AvgIpc) is 2.86. The van der Waals surface area contributed by atoms with Crippen LogP contribution in [0.15, 0.2) is 18.2 Å². The lowest BCUT2D eigenvalue weighted by molar-refractivity contribution is -0.155. The molecule has 1 N–H and O–H groups in total. The number of piperidine rings is 1. The Kier molecular flexibility index (Phi) is 5.55. The van der Waals surface area contributed by atoms with Gasteiger partial charge in [-0.2, -0.15) is 0 Å². The minimum Gasteiger partial charge on any atom is -0.460 e. The smallest absolute Gasteiger partial charge is 0.306 e. The summed E-state index contributed by atoms with van der Waals surface area (Å²) in [6.07, 6.45) is 1.27. The van der Waals surface area contributed by atoms with E-state index < -0.39 is 35.3 Å². The van der Waals surface area contributed by atoms with Crippen LogP contribution in [0.25, 0.3) is 0 Å². The van der Waals surface area contributed by atoms with Gasteiger partial charge in [0.1, 0.15) is 11.6 Å². The van der Waals surface area contributed by atoms with Crippen molar-refractivity contribution in [1.82, 2.24) is 10.2 Å². The van der Waals surface area contributed by atoms with Gasteiger partial charge in [-0.05, 0) is 51.7 Å². The summed E-state index contributed by atoms with van der Waals surface area (Å²) in [7, 11) is 0. The molecule has 1 atom stereocenters. The summed E-state index contributed by atoms with van der Waals surface area (Å²) >= 11 is 0. The molecule has 4 amide bonds. The summed E-state index contributed by atoms with van der Waals surface area (Å²) in [4.78, 5) is 62.1. The number of rotatable bonds is 5. The van der Waals surface area contributed by atoms with E-state index in [0.29, 0.717) is 18.4 Å². The van der Waals surface area contributed by atoms with Gasteiger partial charge in [-0.15, -0.1) is 0 Å². The van der Waals surface area contributed by atoms with Crippen molar-refractivity contribution >= 4 is 29.6 Å². The van der Waals surface area contributed by atoms with Gasteiger partial charge in [0.15, 0.2) is 0 Å². The van der Waals surface area contributed by atoms with Crippen molar-refractivity contribution in [1.29, 1.82) is 0 Å². The Bertz CT molecular complexity index is 899. The van der Waals surface area contributed by atoms with Gasteiger partial charge >= 0.3 is 5.97 Å². The number of imide groups is 2. The van der Waals surface area contributed by atoms with Crippen LogP contribution >= 0.6 is 0 Å². The zero-order valence-corrected chi connectivity index (χ0v) is 16.7. The molecule has 29 heavy (non-hydrogen) atoms. The summed E-state index contributed by atoms with van der Waals surface area (Å²) in [5.74, 6) is -2.44. The van der Waals surface area contributed by atoms with Crippen molar-refractivity contribution in [3.05, 3.63) is 34.9 Å². The molecule has 8 nitrogen and oxygen atoms in total. The molecule has 0 saturated carbocycles. The number of amides is 4. The highest BCUT2D eigenvalue weighted by atomic mass is 16.6. The van der Waals surface area contributed by atoms with Crippen molar-refractivity contribution in [3.63, 3.8) is 0 Å². The average molecular weight is 400 g/mol. The molecule has 1 unspecified atom stereocenters. The molecule has 0 spiro atoms. The number of hydrogen-bond donors (Lipinski definition) is 1. The van der Waals surface area contributed by atoms with Crippen LogP contribution in [0.1, 0.15) is 72.7 Å². The summed E-state index contributed by atoms with van der Waals surface area (Å²) in [6, 6.07) is 3.99. The van der Waals surface area contributed by atoms with E-state index in [1.807, 2.05) is 0 Å². The third-order valence-electron chi connectivity index (χ3n) is 4.80. The first kappa shape index (κ1) is 20.7. The molecule has 0 aliphatic carbocycles. The van der Waals surface area contributed by atoms with Crippen LogP contribution in [0.2, 0.25) is 0 Å². The van der Waals surface area contributed by atoms with Gasteiger partial charge < -0.3 is 4.74 Å². The fourth-order valence-corrected chi connectivity index (χ4v) is 3.61. The SMILES string of the molecule is CC(C)(C)OC(=O)CCCc1cccc2c1C(=O)N(C1CCC(=O)NC1=O)C2=O. The number of fused-ring (bicyclic) bond motifs is 1. The highest BCUT2D eigenvalue weighted by molar-refractivity contribution is 6.24. The van der Waals surface area contributed by atoms with Crippen LogP contribution in [-0.2, 0) is 25.5 Å². The number of nitrogens with one attached hydrogen (secondary N) is 1. The van der Waals surface area contributed by atoms with E-state index in [-0.39, 0.29) is 36.4 Å². The van der Waals surface area contributed by atoms with Gasteiger partial charge in [-0.3, -0.25) is 34.2 Å². The molecule has 8 heteroatoms. The first-order chi connectivity index (χ1) is 13.6. The first-order valence-corrected chi connectivity index (χ1v) is 9.64. The van der Waals surface area contributed by atoms with Gasteiger partial charge in [-0.1, -0.05) is 12.1 Å². The summed E-state index contributed by atoms with van der Waals surface area (Å²) in [6.45, 7) is 5.38. The van der Waals surface area contributed by atoms with Gasteiger partial charge in [0.25, 0.3) is 11.8 Å². The Balaban J connectivity index is 1.74. The van der Waals surface area contributed by atoms with Gasteiger partial charge in [0.2, 0.25) is 11.8 Å². The highest BCUT2D eigenvalue weighted by Gasteiger charge is 2.45. The Labute approximate surface area is 168 Å². The first-order valence-electron chi connectivity index (χ1n) is 9.64. The maximum Gasteiger partial charge on any atom is 0.306 e. The second kappa shape index (κ2) is 7.77. The molecule has 1 aromatic rings. The zero-order chi connectivity index (χ0) is 21.3. The number of carbonyl (C=O) groups excluding carboxylic acids is 5. The highest BCUT2D eigenvalue weighted by Crippen LogP contribution is 2.30. The fourth-order valence-electron chi connectivity index (χ4n) is 3.61. The van der Waals surface area contributed by atoms with Crippen LogP contribution in [0.3, 0.4) is 0 Å². The molecule has 0 radical (unpaired) electrons. The quantitative estimate of drug-likeness (QED) is 0.596. The molecule has 0 aromatic heterocycles. The molecule has 2 aliphatic heterocycles. The third-order valence-corrected chi connectivity index (χ3v) is 4.80. The van der Waals surface area contributed by atoms with Crippen molar-refractivity contribution in [2.45, 2.75) is 64.5 Å². The monoisotopic (exact) mass is 400 g/mol. The molecule has 154 valence electrons. The Morgan fingerprint density at radius 1 is 1.17 bits per heavy atom. The van der Waals surface area contributed by atoms with Crippen LogP contribution in [0.4, 0.5) is 0 Å². The molecule has 3 rings (SSSR count). The predicted molar refractivity (Wildman–Crippen MR) is 102 cm³/mol. The summed E-state index contributed by atoms with van der Waals surface area (Å²) in [5, 5.41) is 2.18. The van der Waals surface area contributed by atoms with E-state index in [1.54, 1.807) is 39.0 Å². The van der Waals surface area contributed by atoms with E-state index in [1.165, 1.54) is 0 Å². The number of hydrogen-bond acceptors (Lipinski definition) is 6. The van der Waals surface area contributed by atoms with E-state index in [0.717, 1.165) is 4.90 Å². The number of aryl methyl sites for hydroxylation is 1. The van der Waals surface area contributed by atoms with E-state index >= 15 is 0 Å². The van der Waals surface area contributed by atoms with Crippen LogP contribution in [0, 0.1) is 0 Å². The fraction of sp³-hybridized carbons (Fsp3) is 0.476. The lowest BCUT2D eigenvalue weighted by atomic mass is 9.98. The lowest BCUT2D eigenvalue weighted by Crippen LogP contribution is -2.54. The van der Waals surface area contributed by atoms with Crippen molar-refractivity contribution < 1.29 is 28.7 Å². The number of nitrogens with zero attached hydrogens (tertiary/aromatic N) is 1. The Hall–Kier alpha value is -3.03. The summed E-state index contributed by atoms with van der Waals surface area (Å²) < 4.78 is 5.28. The molecule has 1 fully saturated rings. The molecule has 0 bridgehead atoms. The molecule has 2 heterocycles. The molecule has 1 aromatic carbocycles. The number of benzene rings is 1. The third kappa shape index (κ3) is 4.36. The van der Waals surface area contributed by atoms with Crippen molar-refractivity contribution in [2.24, 2.45) is 0 Å². The van der Waals surface area contributed by atoms with Crippen molar-refractivity contribution in [2.75, 3.05) is 0 Å². The van der Waals surface area contributed by atoms with Gasteiger partial charge in [0, 0.05) is 12.8 Å². The largest absolute Gasteiger partial charge is 0.460 e. The standard InChI is InChI=1S/C21H24N2O6/c1-21(2,3)29-16(25)9-5-7-12-6-4-8-13-17(12)20(28)23(19(13)27)14-10-11-15(24)22-18(14)26/h4,6,8,14H,5,7,9-11H2,1-3H3,(H,22,24,26). The Morgan fingerprint density at radius 3 is 2.55 bits per heavy atom. The van der Waals surface area contributed by atoms with Gasteiger partial charge in [-0.25, -0.2) is 0 Å². The zero-order valence-electron chi connectivity index (χ0n) is 16.7. The van der Waals surface area contributed by atoms with E-state index in [9.17, 15) is 24.0 Å². The maximum atomic E-state index is 13.0. The predicted octanol–water partition coefficient (Wildman–Crippen LogP) is 1.75. The minimum absolute atomic E-state index is 0.0759. The van der Waals surface area contributed by atoms with Crippen LogP contribution in [-0.4, -0.2) is 46.1 Å². The Morgan fingerprint density at radius 2 is 1.90 bits per heavy atom. The molecular weight excluding hydrogens is 376 g/mol. The van der Waals surface area contributed by atoms with Gasteiger partial charge in [0.05, 0.1) is 11.1 Å². The number of ether oxygens (including phenoxy) is 1. The maximum absolute atomic E-state index is 13.0. The minimum atomic E-state index is -0.991. The second-order valence-electron chi connectivity index (χ2n) is 8.23. The topological polar surface area (TPSA) is 110 Å². The molecule has 1 saturated heterocycles. The number of carbonyl (C=O) groups is 5. The van der Waals surface area contributed by atoms with E-state index in [4.69, 9.17) is 4.74 Å². The van der Waals surface area contributed by atoms with Crippen LogP contribution < -0.4 is 5.32 Å². The molecule has 2 aliphatic rings. The normalized spacial score (nSPS) is 19.3.